The number of alkyl halides is 4. The molecule has 5 aromatic rings. The number of halogens is 5. The number of aromatic nitrogens is 3. The van der Waals surface area contributed by atoms with Gasteiger partial charge in [0, 0.05) is 43.5 Å². The van der Waals surface area contributed by atoms with Gasteiger partial charge in [0.05, 0.1) is 28.9 Å². The summed E-state index contributed by atoms with van der Waals surface area (Å²) in [5.74, 6) is -3.66. The summed E-state index contributed by atoms with van der Waals surface area (Å²) in [6.45, 7) is 7.92. The van der Waals surface area contributed by atoms with Crippen molar-refractivity contribution in [2.45, 2.75) is 154 Å². The first-order chi connectivity index (χ1) is 39.8. The minimum atomic E-state index is -4.82. The number of benzene rings is 3. The van der Waals surface area contributed by atoms with Crippen LogP contribution in [0.5, 0.6) is 5.75 Å². The maximum atomic E-state index is 14.7. The number of rotatable bonds is 23. The number of urea groups is 1. The summed E-state index contributed by atoms with van der Waals surface area (Å²) < 4.78 is 77.9. The van der Waals surface area contributed by atoms with Crippen LogP contribution in [0.1, 0.15) is 113 Å². The third-order valence-corrected chi connectivity index (χ3v) is 17.1. The van der Waals surface area contributed by atoms with Crippen LogP contribution in [0.15, 0.2) is 78.6 Å². The number of thiazole rings is 1. The van der Waals surface area contributed by atoms with E-state index in [9.17, 15) is 55.5 Å². The Labute approximate surface area is 487 Å². The molecule has 2 aliphatic heterocycles. The number of carbonyl (C=O) groups is 7. The zero-order chi connectivity index (χ0) is 60.3. The van der Waals surface area contributed by atoms with E-state index in [1.165, 1.54) is 33.1 Å². The number of carbonyl (C=O) groups excluding carboxylic acids is 7. The highest BCUT2D eigenvalue weighted by molar-refractivity contribution is 7.13. The van der Waals surface area contributed by atoms with Crippen molar-refractivity contribution in [3.63, 3.8) is 0 Å². The standard InChI is InChI=1S/C60H69F5N10O8S/c1-36-50(84-35-68-36)41-14-15-42(29-67-52(78)46-11-10-25-73(46)53(79)51(57(3,4)5)70-54(80)58(62)22-23-58)47(28-41)83-26-9-7-6-8-24-66-48(76)33-72-32-43(30-69-72)39-16-19-45-40(27-39)20-21-59(45)55(81)75(56(82)71-59)34-49(77)74(37(2)60(63,64)65)31-38-12-17-44(61)18-13-38/h12-19,27-28,30,32,35,37,46,51H,6-11,20-26,29,31,33-34H2,1-5H3,(H,66,76)(H,67,78)(H,70,80)(H,71,82)/t37-,46-,51+,59-/m0/s1. The van der Waals surface area contributed by atoms with E-state index in [1.807, 2.05) is 31.2 Å². The highest BCUT2D eigenvalue weighted by Crippen LogP contribution is 2.44. The first-order valence-corrected chi connectivity index (χ1v) is 29.1. The molecule has 2 aromatic heterocycles. The molecule has 3 fully saturated rings. The number of likely N-dealkylation sites (tertiary alicyclic amines) is 1. The summed E-state index contributed by atoms with van der Waals surface area (Å²) in [5.41, 5.74) is 3.01. The normalized spacial score (nSPS) is 18.8. The molecule has 3 aromatic carbocycles. The Hall–Kier alpha value is -7.76. The number of nitrogens with zero attached hydrogens (tertiary/aromatic N) is 6. The average molecular weight is 1190 g/mol. The molecule has 1 spiro atoms. The second kappa shape index (κ2) is 24.8. The van der Waals surface area contributed by atoms with Crippen molar-refractivity contribution in [3.05, 3.63) is 112 Å². The van der Waals surface area contributed by atoms with Crippen molar-refractivity contribution in [1.82, 2.24) is 50.7 Å². The Morgan fingerprint density at radius 2 is 1.65 bits per heavy atom. The number of aryl methyl sites for hydroxylation is 2. The Morgan fingerprint density at radius 3 is 2.36 bits per heavy atom. The van der Waals surface area contributed by atoms with E-state index in [-0.39, 0.29) is 49.7 Å². The van der Waals surface area contributed by atoms with Crippen molar-refractivity contribution in [2.75, 3.05) is 26.2 Å². The lowest BCUT2D eigenvalue weighted by atomic mass is 9.85. The van der Waals surface area contributed by atoms with Crippen LogP contribution in [0.2, 0.25) is 0 Å². The number of ether oxygens (including phenoxy) is 1. The largest absolute Gasteiger partial charge is 0.493 e. The van der Waals surface area contributed by atoms with E-state index in [0.29, 0.717) is 72.1 Å². The van der Waals surface area contributed by atoms with Crippen LogP contribution < -0.4 is 26.0 Å². The lowest BCUT2D eigenvalue weighted by molar-refractivity contribution is -0.187. The van der Waals surface area contributed by atoms with Gasteiger partial charge in [0.2, 0.25) is 23.6 Å². The minimum Gasteiger partial charge on any atom is -0.493 e. The molecule has 0 radical (unpaired) electrons. The topological polar surface area (TPSA) is 217 Å². The lowest BCUT2D eigenvalue weighted by Crippen LogP contribution is -2.58. The number of hydrogen-bond donors (Lipinski definition) is 4. The maximum absolute atomic E-state index is 14.7. The van der Waals surface area contributed by atoms with Crippen molar-refractivity contribution < 1.29 is 60.3 Å². The van der Waals surface area contributed by atoms with Gasteiger partial charge in [-0.1, -0.05) is 76.1 Å². The number of imide groups is 1. The molecule has 2 aliphatic carbocycles. The Balaban J connectivity index is 0.726. The average Bonchev–Trinajstić information content (AvgIpc) is 2.02. The molecule has 4 atom stereocenters. The zero-order valence-electron chi connectivity index (χ0n) is 47.5. The summed E-state index contributed by atoms with van der Waals surface area (Å²) >= 11 is 1.51. The number of hydrogen-bond acceptors (Lipinski definition) is 11. The van der Waals surface area contributed by atoms with E-state index in [1.54, 1.807) is 50.8 Å². The quantitative estimate of drug-likeness (QED) is 0.0279. The van der Waals surface area contributed by atoms with Gasteiger partial charge in [-0.15, -0.1) is 11.3 Å². The fourth-order valence-electron chi connectivity index (χ4n) is 11.0. The van der Waals surface area contributed by atoms with Gasteiger partial charge in [-0.05, 0) is 117 Å². The third kappa shape index (κ3) is 13.6. The fraction of sp³-hybridized carbons (Fsp3) is 0.483. The molecule has 0 bridgehead atoms. The van der Waals surface area contributed by atoms with E-state index >= 15 is 0 Å². The first-order valence-electron chi connectivity index (χ1n) is 28.3. The maximum Gasteiger partial charge on any atom is 0.408 e. The van der Waals surface area contributed by atoms with Crippen molar-refractivity contribution in [2.24, 2.45) is 5.41 Å². The van der Waals surface area contributed by atoms with Crippen molar-refractivity contribution in [3.8, 4) is 27.3 Å². The predicted octanol–water partition coefficient (Wildman–Crippen LogP) is 8.19. The molecule has 1 saturated carbocycles. The van der Waals surface area contributed by atoms with Gasteiger partial charge >= 0.3 is 12.2 Å². The summed E-state index contributed by atoms with van der Waals surface area (Å²) in [7, 11) is 0. The number of fused-ring (bicyclic) bond motifs is 2. The summed E-state index contributed by atoms with van der Waals surface area (Å²) in [4.78, 5) is 102. The highest BCUT2D eigenvalue weighted by atomic mass is 32.1. The van der Waals surface area contributed by atoms with Gasteiger partial charge in [0.1, 0.15) is 48.3 Å². The van der Waals surface area contributed by atoms with Crippen LogP contribution in [-0.4, -0.2) is 127 Å². The molecule has 18 nitrogen and oxygen atoms in total. The van der Waals surface area contributed by atoms with Gasteiger partial charge in [-0.2, -0.15) is 18.3 Å². The molecule has 448 valence electrons. The number of amides is 8. The van der Waals surface area contributed by atoms with Crippen LogP contribution in [0.3, 0.4) is 0 Å². The van der Waals surface area contributed by atoms with Gasteiger partial charge in [0.25, 0.3) is 11.8 Å². The second-order valence-electron chi connectivity index (χ2n) is 23.2. The summed E-state index contributed by atoms with van der Waals surface area (Å²) in [6, 6.07) is 10.8. The monoisotopic (exact) mass is 1180 g/mol. The van der Waals surface area contributed by atoms with E-state index in [2.05, 4.69) is 31.3 Å². The SMILES string of the molecule is Cc1ncsc1-c1ccc(CNC(=O)[C@@H]2CCCN2C(=O)[C@@H](NC(=O)C2(F)CC2)C(C)(C)C)c(OCCCCCCNC(=O)Cn2cc(-c3ccc4c(c3)CC[C@]43NC(=O)N(CC(=O)N(Cc4ccc(F)cc4)[C@@H](C)C(F)(F)F)C3=O)cn2)c1. The molecule has 9 rings (SSSR count). The fourth-order valence-corrected chi connectivity index (χ4v) is 11.8. The molecule has 24 heteroatoms. The molecular formula is C60H69F5N10O8S. The highest BCUT2D eigenvalue weighted by Gasteiger charge is 2.57. The van der Waals surface area contributed by atoms with Gasteiger partial charge in [-0.25, -0.2) is 18.6 Å². The molecule has 4 aliphatic rings. The van der Waals surface area contributed by atoms with Crippen LogP contribution in [-0.2, 0) is 60.4 Å². The Morgan fingerprint density at radius 1 is 0.917 bits per heavy atom. The Kier molecular flexibility index (Phi) is 18.0. The summed E-state index contributed by atoms with van der Waals surface area (Å²) in [6.07, 6.45) is 3.37. The van der Waals surface area contributed by atoms with Gasteiger partial charge in [0.15, 0.2) is 5.67 Å². The summed E-state index contributed by atoms with van der Waals surface area (Å²) in [5, 5.41) is 15.7. The van der Waals surface area contributed by atoms with E-state index in [4.69, 9.17) is 4.74 Å². The molecule has 0 unspecified atom stereocenters. The minimum absolute atomic E-state index is 0.0422. The van der Waals surface area contributed by atoms with Crippen LogP contribution in [0, 0.1) is 18.2 Å². The van der Waals surface area contributed by atoms with Crippen LogP contribution >= 0.6 is 11.3 Å². The number of nitrogens with one attached hydrogen (secondary N) is 4. The lowest BCUT2D eigenvalue weighted by Gasteiger charge is -2.35. The molecular weight excluding hydrogens is 1120 g/mol. The van der Waals surface area contributed by atoms with Crippen LogP contribution in [0.4, 0.5) is 26.7 Å². The van der Waals surface area contributed by atoms with Gasteiger partial charge < -0.3 is 35.8 Å². The van der Waals surface area contributed by atoms with E-state index in [0.717, 1.165) is 71.1 Å². The van der Waals surface area contributed by atoms with Crippen molar-refractivity contribution in [1.29, 1.82) is 0 Å². The first kappa shape index (κ1) is 60.8. The Bertz CT molecular complexity index is 3300. The molecule has 4 heterocycles. The molecule has 2 saturated heterocycles. The molecule has 4 N–H and O–H groups in total. The predicted molar refractivity (Wildman–Crippen MR) is 301 cm³/mol. The van der Waals surface area contributed by atoms with Gasteiger partial charge in [-0.3, -0.25) is 38.3 Å². The molecule has 84 heavy (non-hydrogen) atoms. The second-order valence-corrected chi connectivity index (χ2v) is 24.1. The number of unbranched alkanes of at least 4 members (excludes halogenated alkanes) is 3. The van der Waals surface area contributed by atoms with Crippen molar-refractivity contribution >= 4 is 52.8 Å². The molecule has 8 amide bonds. The smallest absolute Gasteiger partial charge is 0.408 e. The van der Waals surface area contributed by atoms with Crippen LogP contribution in [0.25, 0.3) is 21.6 Å². The third-order valence-electron chi connectivity index (χ3n) is 16.1. The van der Waals surface area contributed by atoms with E-state index < -0.39 is 89.5 Å². The zero-order valence-corrected chi connectivity index (χ0v) is 48.3.